The highest BCUT2D eigenvalue weighted by molar-refractivity contribution is 7.99. The Hall–Kier alpha value is -1.03. The number of rotatable bonds is 6. The van der Waals surface area contributed by atoms with Crippen molar-refractivity contribution in [1.82, 2.24) is 5.32 Å². The zero-order valence-electron chi connectivity index (χ0n) is 12.2. The summed E-state index contributed by atoms with van der Waals surface area (Å²) in [6.07, 6.45) is 1.03. The Labute approximate surface area is 134 Å². The fraction of sp³-hybridized carbons (Fsp3) is 0.294. The van der Waals surface area contributed by atoms with Gasteiger partial charge in [0.1, 0.15) is 5.82 Å². The first-order chi connectivity index (χ1) is 10.1. The third-order valence-electron chi connectivity index (χ3n) is 3.19. The molecule has 0 aliphatic carbocycles. The molecule has 1 atom stereocenters. The lowest BCUT2D eigenvalue weighted by molar-refractivity contribution is 0.519. The van der Waals surface area contributed by atoms with Crippen molar-refractivity contribution in [3.8, 4) is 0 Å². The van der Waals surface area contributed by atoms with E-state index in [0.29, 0.717) is 5.02 Å². The predicted molar refractivity (Wildman–Crippen MR) is 88.7 cm³/mol. The SMILES string of the molecule is CCCNC(C)c1c(F)cccc1Sc1ccc(Cl)cc1. The molecule has 0 bridgehead atoms. The summed E-state index contributed by atoms with van der Waals surface area (Å²) in [5.74, 6) is -0.162. The van der Waals surface area contributed by atoms with Crippen molar-refractivity contribution in [3.05, 3.63) is 58.9 Å². The Balaban J connectivity index is 2.26. The molecule has 0 heterocycles. The molecule has 2 aromatic rings. The van der Waals surface area contributed by atoms with Crippen LogP contribution in [0, 0.1) is 5.82 Å². The van der Waals surface area contributed by atoms with Gasteiger partial charge in [-0.3, -0.25) is 0 Å². The molecule has 112 valence electrons. The van der Waals surface area contributed by atoms with Crippen LogP contribution in [-0.4, -0.2) is 6.54 Å². The van der Waals surface area contributed by atoms with Crippen molar-refractivity contribution in [2.45, 2.75) is 36.1 Å². The fourth-order valence-electron chi connectivity index (χ4n) is 2.12. The molecular formula is C17H19ClFNS. The van der Waals surface area contributed by atoms with E-state index >= 15 is 0 Å². The molecule has 2 aromatic carbocycles. The Kier molecular flexibility index (Phi) is 6.09. The molecule has 0 saturated carbocycles. The van der Waals surface area contributed by atoms with Gasteiger partial charge in [0, 0.05) is 26.4 Å². The van der Waals surface area contributed by atoms with Crippen LogP contribution < -0.4 is 5.32 Å². The third kappa shape index (κ3) is 4.47. The molecule has 0 spiro atoms. The van der Waals surface area contributed by atoms with Crippen LogP contribution in [0.1, 0.15) is 31.9 Å². The Morgan fingerprint density at radius 2 is 1.90 bits per heavy atom. The Bertz CT molecular complexity index is 586. The Morgan fingerprint density at radius 3 is 2.57 bits per heavy atom. The minimum absolute atomic E-state index is 0.0130. The average Bonchev–Trinajstić information content (AvgIpc) is 2.47. The summed E-state index contributed by atoms with van der Waals surface area (Å²) in [5.41, 5.74) is 0.728. The fourth-order valence-corrected chi connectivity index (χ4v) is 3.30. The van der Waals surface area contributed by atoms with E-state index in [1.807, 2.05) is 37.3 Å². The summed E-state index contributed by atoms with van der Waals surface area (Å²) in [6.45, 7) is 4.98. The van der Waals surface area contributed by atoms with Gasteiger partial charge in [-0.2, -0.15) is 0 Å². The van der Waals surface area contributed by atoms with Crippen molar-refractivity contribution < 1.29 is 4.39 Å². The molecule has 2 rings (SSSR count). The average molecular weight is 324 g/mol. The van der Waals surface area contributed by atoms with Gasteiger partial charge in [0.05, 0.1) is 0 Å². The van der Waals surface area contributed by atoms with Crippen molar-refractivity contribution in [3.63, 3.8) is 0 Å². The molecule has 0 saturated heterocycles. The molecule has 0 radical (unpaired) electrons. The number of benzene rings is 2. The first kappa shape index (κ1) is 16.3. The maximum Gasteiger partial charge on any atom is 0.129 e. The first-order valence-electron chi connectivity index (χ1n) is 7.07. The number of hydrogen-bond acceptors (Lipinski definition) is 2. The van der Waals surface area contributed by atoms with Crippen LogP contribution >= 0.6 is 23.4 Å². The lowest BCUT2D eigenvalue weighted by Crippen LogP contribution is -2.20. The smallest absolute Gasteiger partial charge is 0.129 e. The van der Waals surface area contributed by atoms with Crippen LogP contribution in [0.2, 0.25) is 5.02 Å². The second-order valence-electron chi connectivity index (χ2n) is 4.88. The van der Waals surface area contributed by atoms with E-state index in [-0.39, 0.29) is 11.9 Å². The summed E-state index contributed by atoms with van der Waals surface area (Å²) in [7, 11) is 0. The Morgan fingerprint density at radius 1 is 1.19 bits per heavy atom. The maximum atomic E-state index is 14.2. The van der Waals surface area contributed by atoms with Crippen LogP contribution in [0.3, 0.4) is 0 Å². The van der Waals surface area contributed by atoms with Crippen molar-refractivity contribution >= 4 is 23.4 Å². The molecule has 1 unspecified atom stereocenters. The number of hydrogen-bond donors (Lipinski definition) is 1. The largest absolute Gasteiger partial charge is 0.310 e. The van der Waals surface area contributed by atoms with E-state index in [2.05, 4.69) is 12.2 Å². The van der Waals surface area contributed by atoms with Gasteiger partial charge >= 0.3 is 0 Å². The highest BCUT2D eigenvalue weighted by Gasteiger charge is 2.15. The number of halogens is 2. The van der Waals surface area contributed by atoms with Gasteiger partial charge < -0.3 is 5.32 Å². The molecule has 0 aromatic heterocycles. The predicted octanol–water partition coefficient (Wildman–Crippen LogP) is 5.69. The molecule has 0 aliphatic heterocycles. The van der Waals surface area contributed by atoms with E-state index in [9.17, 15) is 4.39 Å². The van der Waals surface area contributed by atoms with Gasteiger partial charge in [0.15, 0.2) is 0 Å². The van der Waals surface area contributed by atoms with Gasteiger partial charge in [-0.1, -0.05) is 36.4 Å². The summed E-state index contributed by atoms with van der Waals surface area (Å²) in [4.78, 5) is 1.99. The zero-order valence-corrected chi connectivity index (χ0v) is 13.8. The highest BCUT2D eigenvalue weighted by Crippen LogP contribution is 2.35. The van der Waals surface area contributed by atoms with Crippen LogP contribution in [0.5, 0.6) is 0 Å². The van der Waals surface area contributed by atoms with Crippen LogP contribution in [0.15, 0.2) is 52.3 Å². The standard InChI is InChI=1S/C17H19ClFNS/c1-3-11-20-12(2)17-15(19)5-4-6-16(17)21-14-9-7-13(18)8-10-14/h4-10,12,20H,3,11H2,1-2H3. The van der Waals surface area contributed by atoms with E-state index in [0.717, 1.165) is 28.3 Å². The lowest BCUT2D eigenvalue weighted by Gasteiger charge is -2.18. The molecule has 0 fully saturated rings. The van der Waals surface area contributed by atoms with Crippen LogP contribution in [0.25, 0.3) is 0 Å². The summed E-state index contributed by atoms with van der Waals surface area (Å²) >= 11 is 7.46. The summed E-state index contributed by atoms with van der Waals surface area (Å²) < 4.78 is 14.2. The second-order valence-corrected chi connectivity index (χ2v) is 6.44. The van der Waals surface area contributed by atoms with Gasteiger partial charge in [-0.05, 0) is 56.3 Å². The molecule has 0 amide bonds. The topological polar surface area (TPSA) is 12.0 Å². The van der Waals surface area contributed by atoms with Crippen LogP contribution in [-0.2, 0) is 0 Å². The van der Waals surface area contributed by atoms with Crippen molar-refractivity contribution in [2.75, 3.05) is 6.54 Å². The minimum Gasteiger partial charge on any atom is -0.310 e. The molecule has 4 heteroatoms. The van der Waals surface area contributed by atoms with Gasteiger partial charge in [0.25, 0.3) is 0 Å². The van der Waals surface area contributed by atoms with E-state index in [1.54, 1.807) is 17.8 Å². The van der Waals surface area contributed by atoms with E-state index in [4.69, 9.17) is 11.6 Å². The molecule has 0 aliphatic rings. The molecule has 1 N–H and O–H groups in total. The monoisotopic (exact) mass is 323 g/mol. The van der Waals surface area contributed by atoms with Gasteiger partial charge in [0.2, 0.25) is 0 Å². The van der Waals surface area contributed by atoms with Crippen molar-refractivity contribution in [2.24, 2.45) is 0 Å². The zero-order chi connectivity index (χ0) is 15.2. The van der Waals surface area contributed by atoms with E-state index in [1.165, 1.54) is 6.07 Å². The molecule has 21 heavy (non-hydrogen) atoms. The third-order valence-corrected chi connectivity index (χ3v) is 4.52. The van der Waals surface area contributed by atoms with Crippen LogP contribution in [0.4, 0.5) is 4.39 Å². The minimum atomic E-state index is -0.162. The molecular weight excluding hydrogens is 305 g/mol. The second kappa shape index (κ2) is 7.83. The highest BCUT2D eigenvalue weighted by atomic mass is 35.5. The maximum absolute atomic E-state index is 14.2. The number of nitrogens with one attached hydrogen (secondary N) is 1. The summed E-state index contributed by atoms with van der Waals surface area (Å²) in [6, 6.07) is 12.8. The van der Waals surface area contributed by atoms with Gasteiger partial charge in [-0.15, -0.1) is 0 Å². The normalized spacial score (nSPS) is 12.4. The van der Waals surface area contributed by atoms with Crippen molar-refractivity contribution in [1.29, 1.82) is 0 Å². The van der Waals surface area contributed by atoms with E-state index < -0.39 is 0 Å². The molecule has 1 nitrogen and oxygen atoms in total. The quantitative estimate of drug-likeness (QED) is 0.732. The summed E-state index contributed by atoms with van der Waals surface area (Å²) in [5, 5.41) is 4.06. The lowest BCUT2D eigenvalue weighted by atomic mass is 10.1. The first-order valence-corrected chi connectivity index (χ1v) is 8.26. The van der Waals surface area contributed by atoms with Gasteiger partial charge in [-0.25, -0.2) is 4.39 Å².